The molecule has 1 N–H and O–H groups in total. The second-order valence-electron chi connectivity index (χ2n) is 5.71. The highest BCUT2D eigenvalue weighted by Crippen LogP contribution is 2.19. The Hall–Kier alpha value is -2.91. The number of nitrogens with one attached hydrogen (secondary N) is 1. The lowest BCUT2D eigenvalue weighted by Gasteiger charge is -2.10. The van der Waals surface area contributed by atoms with E-state index in [4.69, 9.17) is 11.6 Å². The van der Waals surface area contributed by atoms with Crippen LogP contribution >= 0.6 is 11.6 Å². The van der Waals surface area contributed by atoms with Gasteiger partial charge in [0.2, 0.25) is 0 Å². The van der Waals surface area contributed by atoms with E-state index in [-0.39, 0.29) is 11.7 Å². The molecule has 4 heteroatoms. The Morgan fingerprint density at radius 1 is 0.840 bits per heavy atom. The van der Waals surface area contributed by atoms with Crippen LogP contribution in [0.25, 0.3) is 0 Å². The van der Waals surface area contributed by atoms with Crippen molar-refractivity contribution in [3.8, 4) is 0 Å². The van der Waals surface area contributed by atoms with Gasteiger partial charge in [0, 0.05) is 21.8 Å². The van der Waals surface area contributed by atoms with Crippen LogP contribution in [0.4, 0.5) is 5.69 Å². The molecule has 0 aromatic heterocycles. The summed E-state index contributed by atoms with van der Waals surface area (Å²) < 4.78 is 0. The summed E-state index contributed by atoms with van der Waals surface area (Å²) in [5.74, 6) is -0.532. The average Bonchev–Trinajstić information content (AvgIpc) is 2.62. The van der Waals surface area contributed by atoms with Crippen molar-refractivity contribution >= 4 is 29.0 Å². The van der Waals surface area contributed by atoms with Crippen molar-refractivity contribution < 1.29 is 9.59 Å². The van der Waals surface area contributed by atoms with Gasteiger partial charge in [0.1, 0.15) is 0 Å². The molecule has 25 heavy (non-hydrogen) atoms. The van der Waals surface area contributed by atoms with E-state index in [0.29, 0.717) is 27.4 Å². The zero-order valence-electron chi connectivity index (χ0n) is 13.6. The predicted molar refractivity (Wildman–Crippen MR) is 100 cm³/mol. The fourth-order valence-electron chi connectivity index (χ4n) is 2.56. The van der Waals surface area contributed by atoms with Crippen LogP contribution in [-0.4, -0.2) is 11.7 Å². The number of anilines is 1. The van der Waals surface area contributed by atoms with Gasteiger partial charge in [-0.1, -0.05) is 41.9 Å². The molecule has 3 rings (SSSR count). The van der Waals surface area contributed by atoms with Crippen LogP contribution in [0.5, 0.6) is 0 Å². The highest BCUT2D eigenvalue weighted by molar-refractivity contribution is 6.30. The molecule has 0 radical (unpaired) electrons. The zero-order valence-corrected chi connectivity index (χ0v) is 14.4. The van der Waals surface area contributed by atoms with Crippen molar-refractivity contribution in [2.75, 3.05) is 5.32 Å². The molecular weight excluding hydrogens is 334 g/mol. The summed E-state index contributed by atoms with van der Waals surface area (Å²) in [6.07, 6.45) is 0. The Morgan fingerprint density at radius 3 is 2.20 bits per heavy atom. The van der Waals surface area contributed by atoms with Gasteiger partial charge in [0.25, 0.3) is 5.91 Å². The minimum absolute atomic E-state index is 0.216. The summed E-state index contributed by atoms with van der Waals surface area (Å²) in [5.41, 5.74) is 2.92. The Morgan fingerprint density at radius 2 is 1.52 bits per heavy atom. The number of hydrogen-bond acceptors (Lipinski definition) is 2. The van der Waals surface area contributed by atoms with E-state index < -0.39 is 0 Å². The Kier molecular flexibility index (Phi) is 4.96. The highest BCUT2D eigenvalue weighted by Gasteiger charge is 2.18. The quantitative estimate of drug-likeness (QED) is 0.663. The number of aryl methyl sites for hydroxylation is 1. The minimum atomic E-state index is -0.316. The minimum Gasteiger partial charge on any atom is -0.322 e. The van der Waals surface area contributed by atoms with Gasteiger partial charge in [-0.2, -0.15) is 0 Å². The molecule has 0 aliphatic carbocycles. The molecule has 0 spiro atoms. The molecule has 124 valence electrons. The summed E-state index contributed by atoms with van der Waals surface area (Å²) in [4.78, 5) is 25.4. The Labute approximate surface area is 151 Å². The fourth-order valence-corrected chi connectivity index (χ4v) is 2.68. The maximum atomic E-state index is 12.8. The van der Waals surface area contributed by atoms with Crippen LogP contribution in [0, 0.1) is 6.92 Å². The van der Waals surface area contributed by atoms with Gasteiger partial charge >= 0.3 is 0 Å². The lowest BCUT2D eigenvalue weighted by Crippen LogP contribution is -2.17. The highest BCUT2D eigenvalue weighted by atomic mass is 35.5. The van der Waals surface area contributed by atoms with Crippen molar-refractivity contribution in [1.29, 1.82) is 0 Å². The van der Waals surface area contributed by atoms with Crippen molar-refractivity contribution in [1.82, 2.24) is 0 Å². The molecule has 3 nitrogen and oxygen atoms in total. The topological polar surface area (TPSA) is 46.2 Å². The van der Waals surface area contributed by atoms with Crippen molar-refractivity contribution in [2.24, 2.45) is 0 Å². The first-order chi connectivity index (χ1) is 12.0. The number of halogens is 1. The van der Waals surface area contributed by atoms with Gasteiger partial charge in [-0.05, 0) is 55.0 Å². The lowest BCUT2D eigenvalue weighted by atomic mass is 9.98. The molecule has 0 saturated carbocycles. The number of amides is 1. The van der Waals surface area contributed by atoms with Gasteiger partial charge < -0.3 is 5.32 Å². The molecule has 0 unspecified atom stereocenters. The molecule has 3 aromatic carbocycles. The number of rotatable bonds is 4. The summed E-state index contributed by atoms with van der Waals surface area (Å²) in [5, 5.41) is 3.40. The number of benzene rings is 3. The van der Waals surface area contributed by atoms with Crippen LogP contribution in [-0.2, 0) is 0 Å². The molecule has 1 amide bonds. The first-order valence-electron chi connectivity index (χ1n) is 7.82. The molecule has 0 bridgehead atoms. The number of hydrogen-bond donors (Lipinski definition) is 1. The third kappa shape index (κ3) is 3.95. The molecule has 0 heterocycles. The van der Waals surface area contributed by atoms with Crippen LogP contribution in [0.2, 0.25) is 5.02 Å². The van der Waals surface area contributed by atoms with E-state index in [1.54, 1.807) is 48.5 Å². The molecule has 0 aliphatic heterocycles. The van der Waals surface area contributed by atoms with Gasteiger partial charge in [-0.3, -0.25) is 9.59 Å². The van der Waals surface area contributed by atoms with Gasteiger partial charge in [-0.15, -0.1) is 0 Å². The van der Waals surface area contributed by atoms with E-state index >= 15 is 0 Å². The number of carbonyl (C=O) groups excluding carboxylic acids is 2. The Balaban J connectivity index is 1.91. The lowest BCUT2D eigenvalue weighted by molar-refractivity contribution is 0.0996. The maximum Gasteiger partial charge on any atom is 0.256 e. The van der Waals surface area contributed by atoms with E-state index in [9.17, 15) is 9.59 Å². The average molecular weight is 350 g/mol. The van der Waals surface area contributed by atoms with Gasteiger partial charge in [0.15, 0.2) is 5.78 Å². The second kappa shape index (κ2) is 7.32. The molecule has 0 fully saturated rings. The van der Waals surface area contributed by atoms with E-state index in [1.807, 2.05) is 31.2 Å². The normalized spacial score (nSPS) is 10.3. The number of ketones is 1. The van der Waals surface area contributed by atoms with Crippen LogP contribution in [0.3, 0.4) is 0 Å². The summed E-state index contributed by atoms with van der Waals surface area (Å²) in [6, 6.07) is 20.9. The van der Waals surface area contributed by atoms with Crippen molar-refractivity contribution in [2.45, 2.75) is 6.92 Å². The third-order valence-electron chi connectivity index (χ3n) is 3.80. The van der Waals surface area contributed by atoms with Crippen molar-refractivity contribution in [3.63, 3.8) is 0 Å². The van der Waals surface area contributed by atoms with E-state index in [2.05, 4.69) is 5.32 Å². The summed E-state index contributed by atoms with van der Waals surface area (Å²) in [7, 11) is 0. The third-order valence-corrected chi connectivity index (χ3v) is 4.05. The predicted octanol–water partition coefficient (Wildman–Crippen LogP) is 5.13. The largest absolute Gasteiger partial charge is 0.322 e. The van der Waals surface area contributed by atoms with Gasteiger partial charge in [-0.25, -0.2) is 0 Å². The number of carbonyl (C=O) groups is 2. The first kappa shape index (κ1) is 16.9. The SMILES string of the molecule is Cc1cccc(NC(=O)c2ccccc2C(=O)c2ccc(Cl)cc2)c1. The fraction of sp³-hybridized carbons (Fsp3) is 0.0476. The zero-order chi connectivity index (χ0) is 17.8. The van der Waals surface area contributed by atoms with Crippen molar-refractivity contribution in [3.05, 3.63) is 100 Å². The van der Waals surface area contributed by atoms with Gasteiger partial charge in [0.05, 0.1) is 5.56 Å². The monoisotopic (exact) mass is 349 g/mol. The first-order valence-corrected chi connectivity index (χ1v) is 8.20. The van der Waals surface area contributed by atoms with Crippen LogP contribution in [0.15, 0.2) is 72.8 Å². The van der Waals surface area contributed by atoms with Crippen LogP contribution < -0.4 is 5.32 Å². The standard InChI is InChI=1S/C21H16ClNO2/c1-14-5-4-6-17(13-14)23-21(25)19-8-3-2-7-18(19)20(24)15-9-11-16(22)12-10-15/h2-13H,1H3,(H,23,25). The molecule has 0 saturated heterocycles. The summed E-state index contributed by atoms with van der Waals surface area (Å²) >= 11 is 5.87. The summed E-state index contributed by atoms with van der Waals surface area (Å²) in [6.45, 7) is 1.95. The van der Waals surface area contributed by atoms with E-state index in [1.165, 1.54) is 0 Å². The maximum absolute atomic E-state index is 12.8. The Bertz CT molecular complexity index is 933. The molecule has 3 aromatic rings. The molecule has 0 atom stereocenters. The smallest absolute Gasteiger partial charge is 0.256 e. The van der Waals surface area contributed by atoms with E-state index in [0.717, 1.165) is 5.56 Å². The molecule has 0 aliphatic rings. The molecular formula is C21H16ClNO2. The second-order valence-corrected chi connectivity index (χ2v) is 6.14. The van der Waals surface area contributed by atoms with Crippen LogP contribution in [0.1, 0.15) is 31.8 Å².